The van der Waals surface area contributed by atoms with Gasteiger partial charge in [-0.15, -0.1) is 0 Å². The molecule has 112 valence electrons. The van der Waals surface area contributed by atoms with Crippen LogP contribution in [0.1, 0.15) is 32.6 Å². The maximum absolute atomic E-state index is 6.28. The normalized spacial score (nSPS) is 25.4. The molecule has 0 amide bonds. The highest BCUT2D eigenvalue weighted by Crippen LogP contribution is 2.41. The first-order chi connectivity index (χ1) is 10.2. The average Bonchev–Trinajstić information content (AvgIpc) is 2.93. The fourth-order valence-electron chi connectivity index (χ4n) is 3.73. The molecule has 3 N–H and O–H groups in total. The standard InChI is InChI=1S/C17H22ClN3/c1-2-12-5-3-9-17(12,11-19)21-15-8-7-14(18)13-6-4-10-20-16(13)15/h4,6-8,10,12,21H,2-3,5,9,11,19H2,1H3. The fraction of sp³-hybridized carbons (Fsp3) is 0.471. The molecule has 1 saturated carbocycles. The van der Waals surface area contributed by atoms with Gasteiger partial charge in [-0.05, 0) is 43.0 Å². The zero-order valence-electron chi connectivity index (χ0n) is 12.4. The molecule has 2 atom stereocenters. The molecule has 0 bridgehead atoms. The summed E-state index contributed by atoms with van der Waals surface area (Å²) in [5.74, 6) is 0.622. The number of hydrogen-bond acceptors (Lipinski definition) is 3. The Morgan fingerprint density at radius 1 is 1.43 bits per heavy atom. The van der Waals surface area contributed by atoms with Crippen molar-refractivity contribution < 1.29 is 0 Å². The summed E-state index contributed by atoms with van der Waals surface area (Å²) in [4.78, 5) is 4.51. The van der Waals surface area contributed by atoms with Crippen LogP contribution in [0.3, 0.4) is 0 Å². The van der Waals surface area contributed by atoms with Crippen molar-refractivity contribution in [2.75, 3.05) is 11.9 Å². The van der Waals surface area contributed by atoms with Crippen LogP contribution in [0.15, 0.2) is 30.5 Å². The van der Waals surface area contributed by atoms with Gasteiger partial charge in [-0.3, -0.25) is 4.98 Å². The number of rotatable bonds is 4. The van der Waals surface area contributed by atoms with Gasteiger partial charge in [-0.25, -0.2) is 0 Å². The SMILES string of the molecule is CCC1CCCC1(CN)Nc1ccc(Cl)c2cccnc12. The van der Waals surface area contributed by atoms with Gasteiger partial charge in [0, 0.05) is 18.1 Å². The number of pyridine rings is 1. The van der Waals surface area contributed by atoms with E-state index in [-0.39, 0.29) is 5.54 Å². The molecular formula is C17H22ClN3. The molecule has 1 aliphatic rings. The number of aromatic nitrogens is 1. The van der Waals surface area contributed by atoms with Crippen molar-refractivity contribution in [1.29, 1.82) is 0 Å². The third kappa shape index (κ3) is 2.49. The van der Waals surface area contributed by atoms with Crippen LogP contribution in [0.5, 0.6) is 0 Å². The molecule has 1 aromatic carbocycles. The minimum absolute atomic E-state index is 0.00691. The Kier molecular flexibility index (Phi) is 4.05. The quantitative estimate of drug-likeness (QED) is 0.889. The lowest BCUT2D eigenvalue weighted by molar-refractivity contribution is 0.346. The minimum atomic E-state index is -0.00691. The lowest BCUT2D eigenvalue weighted by Crippen LogP contribution is -2.48. The Hall–Kier alpha value is -1.32. The Balaban J connectivity index is 2.03. The maximum Gasteiger partial charge on any atom is 0.0948 e. The minimum Gasteiger partial charge on any atom is -0.376 e. The molecule has 1 aromatic heterocycles. The van der Waals surface area contributed by atoms with Crippen LogP contribution in [0.2, 0.25) is 5.02 Å². The summed E-state index contributed by atoms with van der Waals surface area (Å²) in [6, 6.07) is 7.90. The molecule has 21 heavy (non-hydrogen) atoms. The molecule has 3 rings (SSSR count). The first-order valence-corrected chi connectivity index (χ1v) is 8.09. The van der Waals surface area contributed by atoms with Gasteiger partial charge >= 0.3 is 0 Å². The van der Waals surface area contributed by atoms with E-state index in [9.17, 15) is 0 Å². The molecule has 2 aromatic rings. The molecular weight excluding hydrogens is 282 g/mol. The molecule has 0 spiro atoms. The van der Waals surface area contributed by atoms with Crippen molar-refractivity contribution in [3.63, 3.8) is 0 Å². The highest BCUT2D eigenvalue weighted by atomic mass is 35.5. The van der Waals surface area contributed by atoms with Crippen molar-refractivity contribution in [2.24, 2.45) is 11.7 Å². The maximum atomic E-state index is 6.28. The highest BCUT2D eigenvalue weighted by Gasteiger charge is 2.40. The smallest absolute Gasteiger partial charge is 0.0948 e. The van der Waals surface area contributed by atoms with Crippen molar-refractivity contribution >= 4 is 28.2 Å². The number of halogens is 1. The summed E-state index contributed by atoms with van der Waals surface area (Å²) in [5.41, 5.74) is 8.11. The number of nitrogens with one attached hydrogen (secondary N) is 1. The first kappa shape index (κ1) is 14.6. The van der Waals surface area contributed by atoms with Crippen molar-refractivity contribution in [1.82, 2.24) is 4.98 Å². The van der Waals surface area contributed by atoms with Gasteiger partial charge in [-0.2, -0.15) is 0 Å². The summed E-state index contributed by atoms with van der Waals surface area (Å²) in [7, 11) is 0. The summed E-state index contributed by atoms with van der Waals surface area (Å²) >= 11 is 6.28. The second-order valence-corrected chi connectivity index (χ2v) is 6.38. The average molecular weight is 304 g/mol. The molecule has 0 radical (unpaired) electrons. The Bertz CT molecular complexity index is 643. The Morgan fingerprint density at radius 2 is 2.29 bits per heavy atom. The number of nitrogens with two attached hydrogens (primary N) is 1. The van der Waals surface area contributed by atoms with E-state index < -0.39 is 0 Å². The summed E-state index contributed by atoms with van der Waals surface area (Å²) in [6.07, 6.45) is 6.58. The topological polar surface area (TPSA) is 50.9 Å². The van der Waals surface area contributed by atoms with Crippen LogP contribution in [-0.4, -0.2) is 17.1 Å². The third-order valence-electron chi connectivity index (χ3n) is 4.91. The zero-order valence-corrected chi connectivity index (χ0v) is 13.2. The molecule has 4 heteroatoms. The number of anilines is 1. The molecule has 1 aliphatic carbocycles. The van der Waals surface area contributed by atoms with E-state index in [0.29, 0.717) is 12.5 Å². The number of nitrogens with zero attached hydrogens (tertiary/aromatic N) is 1. The predicted molar refractivity (Wildman–Crippen MR) is 89.8 cm³/mol. The van der Waals surface area contributed by atoms with E-state index in [2.05, 4.69) is 17.2 Å². The van der Waals surface area contributed by atoms with Gasteiger partial charge in [0.2, 0.25) is 0 Å². The number of benzene rings is 1. The molecule has 1 fully saturated rings. The lowest BCUT2D eigenvalue weighted by Gasteiger charge is -2.36. The zero-order chi connectivity index (χ0) is 14.9. The van der Waals surface area contributed by atoms with Gasteiger partial charge in [0.05, 0.1) is 21.8 Å². The molecule has 0 saturated heterocycles. The Morgan fingerprint density at radius 3 is 3.05 bits per heavy atom. The van der Waals surface area contributed by atoms with E-state index >= 15 is 0 Å². The van der Waals surface area contributed by atoms with E-state index in [0.717, 1.165) is 34.5 Å². The van der Waals surface area contributed by atoms with Gasteiger partial charge < -0.3 is 11.1 Å². The van der Waals surface area contributed by atoms with Gasteiger partial charge in [0.25, 0.3) is 0 Å². The van der Waals surface area contributed by atoms with Crippen LogP contribution >= 0.6 is 11.6 Å². The first-order valence-electron chi connectivity index (χ1n) is 7.71. The van der Waals surface area contributed by atoms with Crippen LogP contribution in [0, 0.1) is 5.92 Å². The third-order valence-corrected chi connectivity index (χ3v) is 5.24. The highest BCUT2D eigenvalue weighted by molar-refractivity contribution is 6.35. The van der Waals surface area contributed by atoms with Crippen LogP contribution in [0.4, 0.5) is 5.69 Å². The summed E-state index contributed by atoms with van der Waals surface area (Å²) < 4.78 is 0. The fourth-order valence-corrected chi connectivity index (χ4v) is 3.95. The van der Waals surface area contributed by atoms with E-state index in [1.54, 1.807) is 0 Å². The largest absolute Gasteiger partial charge is 0.376 e. The summed E-state index contributed by atoms with van der Waals surface area (Å²) in [6.45, 7) is 2.91. The second-order valence-electron chi connectivity index (χ2n) is 5.98. The van der Waals surface area contributed by atoms with Crippen molar-refractivity contribution in [3.8, 4) is 0 Å². The van der Waals surface area contributed by atoms with Crippen molar-refractivity contribution in [3.05, 3.63) is 35.5 Å². The Labute approximate surface area is 130 Å². The van der Waals surface area contributed by atoms with Gasteiger partial charge in [-0.1, -0.05) is 31.4 Å². The van der Waals surface area contributed by atoms with E-state index in [4.69, 9.17) is 17.3 Å². The van der Waals surface area contributed by atoms with Gasteiger partial charge in [0.15, 0.2) is 0 Å². The van der Waals surface area contributed by atoms with Crippen LogP contribution < -0.4 is 11.1 Å². The molecule has 3 nitrogen and oxygen atoms in total. The van der Waals surface area contributed by atoms with Crippen molar-refractivity contribution in [2.45, 2.75) is 38.1 Å². The lowest BCUT2D eigenvalue weighted by atomic mass is 9.84. The molecule has 1 heterocycles. The number of hydrogen-bond donors (Lipinski definition) is 2. The second kappa shape index (κ2) is 5.82. The van der Waals surface area contributed by atoms with Crippen LogP contribution in [-0.2, 0) is 0 Å². The molecule has 0 aliphatic heterocycles. The van der Waals surface area contributed by atoms with Crippen LogP contribution in [0.25, 0.3) is 10.9 Å². The monoisotopic (exact) mass is 303 g/mol. The van der Waals surface area contributed by atoms with Gasteiger partial charge in [0.1, 0.15) is 0 Å². The molecule has 2 unspecified atom stereocenters. The van der Waals surface area contributed by atoms with E-state index in [1.807, 2.05) is 30.5 Å². The summed E-state index contributed by atoms with van der Waals surface area (Å²) in [5, 5.41) is 5.46. The van der Waals surface area contributed by atoms with E-state index in [1.165, 1.54) is 12.8 Å². The number of fused-ring (bicyclic) bond motifs is 1. The predicted octanol–water partition coefficient (Wildman–Crippen LogP) is 4.21.